The number of hydrogen-bond donors (Lipinski definition) is 2. The molecule has 2 saturated heterocycles. The number of aliphatic hydroxyl groups is 1. The van der Waals surface area contributed by atoms with Crippen LogP contribution >= 0.6 is 43.9 Å². The summed E-state index contributed by atoms with van der Waals surface area (Å²) in [5.74, 6) is -0.394. The van der Waals surface area contributed by atoms with Crippen molar-refractivity contribution in [2.75, 3.05) is 64.3 Å². The molecule has 2 N–H and O–H groups in total. The Bertz CT molecular complexity index is 1170. The quantitative estimate of drug-likeness (QED) is 0.248. The molecule has 0 aliphatic carbocycles. The molecule has 4 rings (SSSR count). The molecule has 17 heteroatoms. The Morgan fingerprint density at radius 2 is 1.16 bits per heavy atom. The molecule has 3 aliphatic heterocycles. The fourth-order valence-corrected chi connectivity index (χ4v) is 7.34. The first-order chi connectivity index (χ1) is 22.9. The van der Waals surface area contributed by atoms with Gasteiger partial charge in [0.2, 0.25) is 23.6 Å². The van der Waals surface area contributed by atoms with Crippen molar-refractivity contribution >= 4 is 79.7 Å². The fourth-order valence-electron chi connectivity index (χ4n) is 5.07. The fraction of sp³-hybridized carbons (Fsp3) is 0.625. The van der Waals surface area contributed by atoms with Crippen LogP contribution in [0.15, 0.2) is 24.3 Å². The Morgan fingerprint density at radius 3 is 1.49 bits per heavy atom. The van der Waals surface area contributed by atoms with Crippen molar-refractivity contribution in [3.63, 3.8) is 0 Å². The first-order valence-electron chi connectivity index (χ1n) is 15.9. The molecule has 3 aliphatic rings. The molecule has 0 atom stereocenters. The molecule has 1 aromatic rings. The summed E-state index contributed by atoms with van der Waals surface area (Å²) < 4.78 is 14.7. The zero-order chi connectivity index (χ0) is 36.2. The molecule has 2 fully saturated rings. The predicted octanol–water partition coefficient (Wildman–Crippen LogP) is 3.15. The number of hydrogen-bond acceptors (Lipinski definition) is 9. The molecular formula is C32H49AcCl2IN4O9. The summed E-state index contributed by atoms with van der Waals surface area (Å²) in [5, 5.41) is 9.48. The monoisotopic (exact) mass is 1060 g/mol. The van der Waals surface area contributed by atoms with E-state index in [1.807, 2.05) is 13.8 Å². The molecule has 1 aromatic carbocycles. The summed E-state index contributed by atoms with van der Waals surface area (Å²) >= 11 is 7.01. The Morgan fingerprint density at radius 1 is 0.796 bits per heavy atom. The average Bonchev–Trinajstić information content (AvgIpc) is 3.30. The maximum absolute atomic E-state index is 11.7. The average molecular weight is 1060 g/mol. The van der Waals surface area contributed by atoms with Crippen molar-refractivity contribution in [2.45, 2.75) is 53.4 Å². The smallest absolute Gasteiger partial charge is 0 e. The summed E-state index contributed by atoms with van der Waals surface area (Å²) in [6.07, 6.45) is 2.66. The van der Waals surface area contributed by atoms with Crippen LogP contribution in [-0.4, -0.2) is 128 Å². The third-order valence-electron chi connectivity index (χ3n) is 7.63. The number of aldehydes is 1. The van der Waals surface area contributed by atoms with E-state index in [0.29, 0.717) is 87.2 Å². The number of carbonyl (C=O) groups is 6. The van der Waals surface area contributed by atoms with Crippen molar-refractivity contribution in [1.29, 1.82) is 0 Å². The van der Waals surface area contributed by atoms with E-state index in [0.717, 1.165) is 6.29 Å². The second-order valence-electron chi connectivity index (χ2n) is 10.9. The van der Waals surface area contributed by atoms with Crippen LogP contribution in [-0.2, 0) is 27.0 Å². The van der Waals surface area contributed by atoms with E-state index in [2.05, 4.69) is 0 Å². The second kappa shape index (κ2) is 26.7. The van der Waals surface area contributed by atoms with Crippen LogP contribution in [0.1, 0.15) is 63.7 Å². The van der Waals surface area contributed by atoms with Gasteiger partial charge in [0, 0.05) is 141 Å². The van der Waals surface area contributed by atoms with Gasteiger partial charge in [-0.3, -0.25) is 19.2 Å². The molecule has 4 amide bonds. The zero-order valence-corrected chi connectivity index (χ0v) is 37.1. The van der Waals surface area contributed by atoms with E-state index in [1.54, 1.807) is 57.7 Å². The minimum Gasteiger partial charge on any atom is 0 e. The predicted molar refractivity (Wildman–Crippen MR) is 191 cm³/mol. The number of aliphatic hydroxyl groups excluding tert-OH is 1. The first-order valence-corrected chi connectivity index (χ1v) is 19.9. The van der Waals surface area contributed by atoms with Crippen molar-refractivity contribution in [3.8, 4) is 0 Å². The van der Waals surface area contributed by atoms with E-state index in [9.17, 15) is 37.3 Å². The van der Waals surface area contributed by atoms with Gasteiger partial charge in [0.05, 0.1) is 5.34 Å². The normalized spacial score (nSPS) is 16.8. The minimum atomic E-state index is -2.52. The molecule has 0 unspecified atom stereocenters. The SMILES string of the molecule is CCC(=O)N1CCN(C(=O)CC)CC(C=O)C1.CCC(=O)N1CCN(C(=O)CC)CC(CO)C1.ClCCl.O=C1OI(O)c2ccccc21.[Ac]. The molecule has 0 bridgehead atoms. The second-order valence-corrected chi connectivity index (χ2v) is 14.6. The summed E-state index contributed by atoms with van der Waals surface area (Å²) in [6, 6.07) is 6.97. The van der Waals surface area contributed by atoms with Crippen LogP contribution in [0.3, 0.4) is 0 Å². The summed E-state index contributed by atoms with van der Waals surface area (Å²) in [6.45, 7) is 11.5. The standard InChI is InChI=1S/C12H22N2O3.C12H20N2O3.C7H5IO3.CH2Cl2.Ac/c2*1-3-11(16)13-5-6-14(12(17)4-2)8-10(7-13)9-15;9-7-5-3-1-2-4-6(5)8(10)11-7;2-1-3;/h10,15H,3-9H2,1-2H3;9-10H,3-8H2,1-2H3;1-4,10H;1H2;. The molecule has 0 aromatic heterocycles. The number of alkyl halides is 2. The van der Waals surface area contributed by atoms with Crippen LogP contribution in [0.5, 0.6) is 0 Å². The summed E-state index contributed by atoms with van der Waals surface area (Å²) in [4.78, 5) is 75.4. The number of amides is 4. The van der Waals surface area contributed by atoms with Crippen LogP contribution < -0.4 is 0 Å². The molecule has 275 valence electrons. The molecular weight excluding hydrogens is 1010 g/mol. The Balaban J connectivity index is 0.000000682. The number of halogens is 3. The van der Waals surface area contributed by atoms with E-state index in [4.69, 9.17) is 26.3 Å². The van der Waals surface area contributed by atoms with Crippen molar-refractivity contribution in [3.05, 3.63) is 33.4 Å². The van der Waals surface area contributed by atoms with Crippen LogP contribution in [0.25, 0.3) is 0 Å². The number of nitrogens with zero attached hydrogens (tertiary/aromatic N) is 4. The maximum Gasteiger partial charge on any atom is 0 e. The van der Waals surface area contributed by atoms with E-state index in [-0.39, 0.29) is 97.4 Å². The van der Waals surface area contributed by atoms with Gasteiger partial charge in [0.15, 0.2) is 0 Å². The molecule has 13 nitrogen and oxygen atoms in total. The Labute approximate surface area is 343 Å². The van der Waals surface area contributed by atoms with Crippen molar-refractivity contribution in [1.82, 2.24) is 19.6 Å². The van der Waals surface area contributed by atoms with Gasteiger partial charge in [0.25, 0.3) is 0 Å². The Kier molecular flexibility index (Phi) is 26.1. The molecule has 0 saturated carbocycles. The van der Waals surface area contributed by atoms with Crippen LogP contribution in [0, 0.1) is 59.5 Å². The van der Waals surface area contributed by atoms with E-state index >= 15 is 0 Å². The number of benzene rings is 1. The van der Waals surface area contributed by atoms with Gasteiger partial charge in [-0.25, -0.2) is 0 Å². The van der Waals surface area contributed by atoms with Gasteiger partial charge in [0.1, 0.15) is 6.29 Å². The zero-order valence-electron chi connectivity index (χ0n) is 28.7. The van der Waals surface area contributed by atoms with Gasteiger partial charge < -0.3 is 29.5 Å². The van der Waals surface area contributed by atoms with E-state index < -0.39 is 20.6 Å². The number of fused-ring (bicyclic) bond motifs is 1. The maximum atomic E-state index is 11.7. The third kappa shape index (κ3) is 16.4. The van der Waals surface area contributed by atoms with Gasteiger partial charge in [-0.15, -0.1) is 23.2 Å². The number of carbonyl (C=O) groups excluding carboxylic acids is 6. The van der Waals surface area contributed by atoms with Crippen LogP contribution in [0.4, 0.5) is 0 Å². The largest absolute Gasteiger partial charge is 0 e. The first kappa shape index (κ1) is 47.9. The van der Waals surface area contributed by atoms with Crippen molar-refractivity contribution < 1.29 is 84.4 Å². The molecule has 3 heterocycles. The van der Waals surface area contributed by atoms with Gasteiger partial charge >= 0.3 is 71.3 Å². The van der Waals surface area contributed by atoms with Gasteiger partial charge in [-0.2, -0.15) is 0 Å². The van der Waals surface area contributed by atoms with Crippen LogP contribution in [0.2, 0.25) is 0 Å². The molecule has 49 heavy (non-hydrogen) atoms. The number of rotatable bonds is 6. The third-order valence-corrected chi connectivity index (χ3v) is 10.4. The molecule has 1 radical (unpaired) electrons. The van der Waals surface area contributed by atoms with Gasteiger partial charge in [-0.1, -0.05) is 27.7 Å². The van der Waals surface area contributed by atoms with Crippen molar-refractivity contribution in [2.24, 2.45) is 11.8 Å². The Hall–Kier alpha value is -1.09. The minimum absolute atomic E-state index is 0. The topological polar surface area (TPSA) is 165 Å². The van der Waals surface area contributed by atoms with E-state index in [1.165, 1.54) is 0 Å². The summed E-state index contributed by atoms with van der Waals surface area (Å²) in [5.41, 5.74) is 0.528. The molecule has 0 spiro atoms. The van der Waals surface area contributed by atoms with Gasteiger partial charge in [-0.05, 0) is 0 Å². The summed E-state index contributed by atoms with van der Waals surface area (Å²) in [7, 11) is 0.